The minimum atomic E-state index is 0.430. The third-order valence-electron chi connectivity index (χ3n) is 3.36. The van der Waals surface area contributed by atoms with Gasteiger partial charge in [-0.05, 0) is 24.4 Å². The first-order valence-electron chi connectivity index (χ1n) is 6.65. The van der Waals surface area contributed by atoms with E-state index < -0.39 is 0 Å². The summed E-state index contributed by atoms with van der Waals surface area (Å²) in [5.74, 6) is 1.59. The summed E-state index contributed by atoms with van der Waals surface area (Å²) in [6.45, 7) is 5.86. The minimum absolute atomic E-state index is 0.430. The highest BCUT2D eigenvalue weighted by Crippen LogP contribution is 2.32. The Morgan fingerprint density at radius 3 is 2.58 bits per heavy atom. The van der Waals surface area contributed by atoms with Crippen LogP contribution in [0.4, 0.5) is 11.4 Å². The minimum Gasteiger partial charge on any atom is -0.479 e. The van der Waals surface area contributed by atoms with Crippen LogP contribution in [0.2, 0.25) is 0 Å². The van der Waals surface area contributed by atoms with Crippen molar-refractivity contribution in [3.63, 3.8) is 0 Å². The number of nitrogens with two attached hydrogens (primary N) is 1. The summed E-state index contributed by atoms with van der Waals surface area (Å²) in [5.41, 5.74) is 7.80. The van der Waals surface area contributed by atoms with Gasteiger partial charge in [0.1, 0.15) is 5.69 Å². The van der Waals surface area contributed by atoms with Gasteiger partial charge in [0.05, 0.1) is 12.8 Å². The molecule has 0 saturated carbocycles. The molecule has 0 aliphatic rings. The van der Waals surface area contributed by atoms with Crippen molar-refractivity contribution < 1.29 is 4.74 Å². The third-order valence-corrected chi connectivity index (χ3v) is 3.36. The molecule has 108 valence electrons. The summed E-state index contributed by atoms with van der Waals surface area (Å²) in [6, 6.07) is 1.97. The molecule has 1 heterocycles. The van der Waals surface area contributed by atoms with E-state index in [0.717, 1.165) is 17.9 Å². The fourth-order valence-corrected chi connectivity index (χ4v) is 1.95. The van der Waals surface area contributed by atoms with Crippen molar-refractivity contribution in [1.82, 2.24) is 4.98 Å². The molecule has 3 N–H and O–H groups in total. The number of methoxy groups -OCH3 is 1. The lowest BCUT2D eigenvalue weighted by atomic mass is 9.96. The molecule has 0 aliphatic heterocycles. The van der Waals surface area contributed by atoms with E-state index in [0.29, 0.717) is 24.3 Å². The van der Waals surface area contributed by atoms with Crippen molar-refractivity contribution in [3.8, 4) is 5.88 Å². The largest absolute Gasteiger partial charge is 0.479 e. The summed E-state index contributed by atoms with van der Waals surface area (Å²) in [4.78, 5) is 6.29. The number of pyridine rings is 1. The van der Waals surface area contributed by atoms with E-state index in [9.17, 15) is 0 Å². The lowest BCUT2D eigenvalue weighted by Gasteiger charge is -2.24. The van der Waals surface area contributed by atoms with E-state index in [4.69, 9.17) is 10.5 Å². The molecule has 5 heteroatoms. The van der Waals surface area contributed by atoms with Gasteiger partial charge in [0, 0.05) is 26.8 Å². The van der Waals surface area contributed by atoms with Crippen molar-refractivity contribution in [2.24, 2.45) is 17.6 Å². The van der Waals surface area contributed by atoms with Crippen molar-refractivity contribution in [3.05, 3.63) is 12.3 Å². The molecular weight excluding hydrogens is 240 g/mol. The second-order valence-electron chi connectivity index (χ2n) is 5.23. The number of hydrogen-bond acceptors (Lipinski definition) is 5. The van der Waals surface area contributed by atoms with Gasteiger partial charge in [-0.3, -0.25) is 0 Å². The van der Waals surface area contributed by atoms with Crippen molar-refractivity contribution in [2.45, 2.75) is 13.8 Å². The Bertz CT molecular complexity index is 393. The maximum atomic E-state index is 5.81. The fraction of sp³-hybridized carbons (Fsp3) is 0.643. The van der Waals surface area contributed by atoms with Gasteiger partial charge in [-0.25, -0.2) is 4.98 Å². The highest BCUT2D eigenvalue weighted by molar-refractivity contribution is 5.74. The van der Waals surface area contributed by atoms with E-state index in [1.165, 1.54) is 0 Å². The molecule has 0 amide bonds. The molecule has 5 nitrogen and oxygen atoms in total. The predicted molar refractivity (Wildman–Crippen MR) is 81.0 cm³/mol. The second kappa shape index (κ2) is 7.19. The van der Waals surface area contributed by atoms with Crippen LogP contribution in [-0.4, -0.2) is 39.3 Å². The van der Waals surface area contributed by atoms with E-state index >= 15 is 0 Å². The van der Waals surface area contributed by atoms with Crippen LogP contribution in [0.15, 0.2) is 12.3 Å². The number of aromatic nitrogens is 1. The van der Waals surface area contributed by atoms with Crippen LogP contribution in [0.25, 0.3) is 0 Å². The highest BCUT2D eigenvalue weighted by atomic mass is 16.5. The number of anilines is 2. The average Bonchev–Trinajstić information content (AvgIpc) is 2.38. The van der Waals surface area contributed by atoms with E-state index in [-0.39, 0.29) is 0 Å². The van der Waals surface area contributed by atoms with Crippen molar-refractivity contribution in [2.75, 3.05) is 44.5 Å². The Kier molecular flexibility index (Phi) is 5.89. The maximum absolute atomic E-state index is 5.81. The number of hydrogen-bond donors (Lipinski definition) is 2. The Morgan fingerprint density at radius 2 is 2.11 bits per heavy atom. The Balaban J connectivity index is 2.92. The van der Waals surface area contributed by atoms with Gasteiger partial charge in [-0.15, -0.1) is 0 Å². The first-order chi connectivity index (χ1) is 9.01. The van der Waals surface area contributed by atoms with Gasteiger partial charge < -0.3 is 20.7 Å². The van der Waals surface area contributed by atoms with Crippen molar-refractivity contribution >= 4 is 11.4 Å². The molecule has 0 fully saturated rings. The lowest BCUT2D eigenvalue weighted by molar-refractivity contribution is 0.395. The zero-order valence-electron chi connectivity index (χ0n) is 12.6. The molecule has 0 aliphatic carbocycles. The molecule has 19 heavy (non-hydrogen) atoms. The molecule has 0 spiro atoms. The topological polar surface area (TPSA) is 63.4 Å². The Labute approximate surface area is 116 Å². The normalized spacial score (nSPS) is 12.4. The average molecular weight is 266 g/mol. The number of ether oxygens (including phenoxy) is 1. The maximum Gasteiger partial charge on any atom is 0.239 e. The van der Waals surface area contributed by atoms with Crippen LogP contribution in [0.1, 0.15) is 13.8 Å². The molecule has 1 atom stereocenters. The van der Waals surface area contributed by atoms with Crippen LogP contribution >= 0.6 is 0 Å². The number of nitrogens with one attached hydrogen (secondary N) is 1. The fourth-order valence-electron chi connectivity index (χ4n) is 1.95. The van der Waals surface area contributed by atoms with E-state index in [1.807, 2.05) is 25.1 Å². The Hall–Kier alpha value is -1.49. The van der Waals surface area contributed by atoms with Crippen LogP contribution in [-0.2, 0) is 0 Å². The summed E-state index contributed by atoms with van der Waals surface area (Å²) in [5, 5.41) is 3.44. The first-order valence-corrected chi connectivity index (χ1v) is 6.65. The van der Waals surface area contributed by atoms with Crippen LogP contribution in [0.3, 0.4) is 0 Å². The predicted octanol–water partition coefficient (Wildman–Crippen LogP) is 1.80. The van der Waals surface area contributed by atoms with Crippen LogP contribution in [0, 0.1) is 11.8 Å². The third kappa shape index (κ3) is 3.99. The smallest absolute Gasteiger partial charge is 0.239 e. The molecule has 1 rings (SSSR count). The summed E-state index contributed by atoms with van der Waals surface area (Å²) in [6.07, 6.45) is 1.75. The molecule has 1 unspecified atom stereocenters. The van der Waals surface area contributed by atoms with Crippen molar-refractivity contribution in [1.29, 1.82) is 0 Å². The Morgan fingerprint density at radius 1 is 1.42 bits per heavy atom. The molecular formula is C14H26N4O. The first kappa shape index (κ1) is 15.6. The SMILES string of the molecule is COc1nccc(N(C)C)c1NCC(CN)C(C)C. The van der Waals surface area contributed by atoms with Gasteiger partial charge >= 0.3 is 0 Å². The van der Waals surface area contributed by atoms with Crippen LogP contribution < -0.4 is 20.7 Å². The molecule has 0 saturated heterocycles. The molecule has 1 aromatic heterocycles. The summed E-state index contributed by atoms with van der Waals surface area (Å²) in [7, 11) is 5.64. The lowest BCUT2D eigenvalue weighted by Crippen LogP contribution is -2.28. The van der Waals surface area contributed by atoms with Gasteiger partial charge in [-0.2, -0.15) is 0 Å². The van der Waals surface area contributed by atoms with Gasteiger partial charge in [0.25, 0.3) is 0 Å². The summed E-state index contributed by atoms with van der Waals surface area (Å²) < 4.78 is 5.33. The van der Waals surface area contributed by atoms with E-state index in [2.05, 4.69) is 24.1 Å². The quantitative estimate of drug-likeness (QED) is 0.788. The highest BCUT2D eigenvalue weighted by Gasteiger charge is 2.16. The standard InChI is InChI=1S/C14H26N4O/c1-10(2)11(8-15)9-17-13-12(18(3)4)6-7-16-14(13)19-5/h6-7,10-11,17H,8-9,15H2,1-5H3. The van der Waals surface area contributed by atoms with Crippen LogP contribution in [0.5, 0.6) is 5.88 Å². The number of nitrogens with zero attached hydrogens (tertiary/aromatic N) is 2. The summed E-state index contributed by atoms with van der Waals surface area (Å²) >= 11 is 0. The zero-order valence-corrected chi connectivity index (χ0v) is 12.6. The molecule has 0 bridgehead atoms. The monoisotopic (exact) mass is 266 g/mol. The van der Waals surface area contributed by atoms with Gasteiger partial charge in [-0.1, -0.05) is 13.8 Å². The van der Waals surface area contributed by atoms with E-state index in [1.54, 1.807) is 13.3 Å². The molecule has 0 aromatic carbocycles. The molecule has 0 radical (unpaired) electrons. The second-order valence-corrected chi connectivity index (χ2v) is 5.23. The van der Waals surface area contributed by atoms with Gasteiger partial charge in [0.15, 0.2) is 0 Å². The van der Waals surface area contributed by atoms with Gasteiger partial charge in [0.2, 0.25) is 5.88 Å². The molecule has 1 aromatic rings. The zero-order chi connectivity index (χ0) is 14.4. The number of rotatable bonds is 7.